The first-order valence-corrected chi connectivity index (χ1v) is 5.37. The maximum atomic E-state index is 11.7. The van der Waals surface area contributed by atoms with Crippen molar-refractivity contribution in [3.63, 3.8) is 0 Å². The SMILES string of the molecule is Nc1ccn([C@@H]2C[C@H](CO)O[C@H]2CO)c(=O)n1. The maximum absolute atomic E-state index is 11.7. The summed E-state index contributed by atoms with van der Waals surface area (Å²) in [5.41, 5.74) is 4.93. The lowest BCUT2D eigenvalue weighted by Gasteiger charge is -2.18. The van der Waals surface area contributed by atoms with Gasteiger partial charge in [0, 0.05) is 6.20 Å². The monoisotopic (exact) mass is 241 g/mol. The van der Waals surface area contributed by atoms with Crippen molar-refractivity contribution in [1.29, 1.82) is 0 Å². The van der Waals surface area contributed by atoms with Crippen molar-refractivity contribution >= 4 is 5.82 Å². The fraction of sp³-hybridized carbons (Fsp3) is 0.600. The summed E-state index contributed by atoms with van der Waals surface area (Å²) in [6.07, 6.45) is 1.13. The molecule has 1 aliphatic rings. The van der Waals surface area contributed by atoms with E-state index in [2.05, 4.69) is 4.98 Å². The summed E-state index contributed by atoms with van der Waals surface area (Å²) in [5.74, 6) is 0.157. The van der Waals surface area contributed by atoms with Crippen LogP contribution in [0, 0.1) is 0 Å². The van der Waals surface area contributed by atoms with Crippen LogP contribution in [0.3, 0.4) is 0 Å². The zero-order valence-corrected chi connectivity index (χ0v) is 9.19. The summed E-state index contributed by atoms with van der Waals surface area (Å²) in [7, 11) is 0. The molecule has 17 heavy (non-hydrogen) atoms. The van der Waals surface area contributed by atoms with Crippen LogP contribution in [0.5, 0.6) is 0 Å². The lowest BCUT2D eigenvalue weighted by molar-refractivity contribution is -0.0195. The summed E-state index contributed by atoms with van der Waals surface area (Å²) < 4.78 is 6.78. The number of aromatic nitrogens is 2. The van der Waals surface area contributed by atoms with E-state index < -0.39 is 11.8 Å². The molecule has 94 valence electrons. The molecule has 0 radical (unpaired) electrons. The summed E-state index contributed by atoms with van der Waals surface area (Å²) in [6, 6.07) is 1.19. The number of ether oxygens (including phenoxy) is 1. The van der Waals surface area contributed by atoms with Gasteiger partial charge in [-0.3, -0.25) is 4.57 Å². The highest BCUT2D eigenvalue weighted by Gasteiger charge is 2.36. The predicted octanol–water partition coefficient (Wildman–Crippen LogP) is -1.49. The number of nitrogens with zero attached hydrogens (tertiary/aromatic N) is 2. The number of rotatable bonds is 3. The first kappa shape index (κ1) is 12.0. The fourth-order valence-electron chi connectivity index (χ4n) is 2.07. The zero-order valence-electron chi connectivity index (χ0n) is 9.19. The molecule has 3 atom stereocenters. The summed E-state index contributed by atoms with van der Waals surface area (Å²) >= 11 is 0. The second kappa shape index (κ2) is 4.82. The lowest BCUT2D eigenvalue weighted by Crippen LogP contribution is -2.33. The molecule has 0 unspecified atom stereocenters. The molecular weight excluding hydrogens is 226 g/mol. The van der Waals surface area contributed by atoms with E-state index in [0.29, 0.717) is 6.42 Å². The number of hydrogen-bond donors (Lipinski definition) is 3. The molecular formula is C10H15N3O4. The predicted molar refractivity (Wildman–Crippen MR) is 59.4 cm³/mol. The summed E-state index contributed by atoms with van der Waals surface area (Å²) in [6.45, 7) is -0.345. The third-order valence-electron chi connectivity index (χ3n) is 2.89. The quantitative estimate of drug-likeness (QED) is 0.594. The molecule has 1 aromatic rings. The third-order valence-corrected chi connectivity index (χ3v) is 2.89. The van der Waals surface area contributed by atoms with E-state index in [0.717, 1.165) is 0 Å². The van der Waals surface area contributed by atoms with Gasteiger partial charge in [-0.15, -0.1) is 0 Å². The number of nitrogens with two attached hydrogens (primary N) is 1. The van der Waals surface area contributed by atoms with Crippen LogP contribution in [0.2, 0.25) is 0 Å². The van der Waals surface area contributed by atoms with Gasteiger partial charge in [-0.1, -0.05) is 0 Å². The van der Waals surface area contributed by atoms with Gasteiger partial charge in [0.25, 0.3) is 0 Å². The molecule has 2 heterocycles. The molecule has 7 nitrogen and oxygen atoms in total. The summed E-state index contributed by atoms with van der Waals surface area (Å²) in [5, 5.41) is 18.2. The van der Waals surface area contributed by atoms with Crippen LogP contribution in [-0.4, -0.2) is 45.2 Å². The Hall–Kier alpha value is -1.44. The molecule has 0 spiro atoms. The number of aliphatic hydroxyl groups excluding tert-OH is 2. The number of hydrogen-bond acceptors (Lipinski definition) is 6. The molecule has 0 aliphatic carbocycles. The Labute approximate surface area is 97.5 Å². The van der Waals surface area contributed by atoms with E-state index in [4.69, 9.17) is 15.6 Å². The Morgan fingerprint density at radius 1 is 1.53 bits per heavy atom. The van der Waals surface area contributed by atoms with Gasteiger partial charge in [-0.25, -0.2) is 4.79 Å². The van der Waals surface area contributed by atoms with Crippen LogP contribution < -0.4 is 11.4 Å². The van der Waals surface area contributed by atoms with Crippen LogP contribution >= 0.6 is 0 Å². The van der Waals surface area contributed by atoms with Gasteiger partial charge in [0.05, 0.1) is 25.4 Å². The smallest absolute Gasteiger partial charge is 0.349 e. The van der Waals surface area contributed by atoms with Crippen LogP contribution in [0.4, 0.5) is 5.82 Å². The highest BCUT2D eigenvalue weighted by molar-refractivity contribution is 5.23. The van der Waals surface area contributed by atoms with Gasteiger partial charge in [-0.05, 0) is 12.5 Å². The molecule has 0 bridgehead atoms. The molecule has 7 heteroatoms. The van der Waals surface area contributed by atoms with Gasteiger partial charge < -0.3 is 20.7 Å². The molecule has 2 rings (SSSR count). The topological polar surface area (TPSA) is 111 Å². The van der Waals surface area contributed by atoms with E-state index in [-0.39, 0.29) is 31.2 Å². The highest BCUT2D eigenvalue weighted by Crippen LogP contribution is 2.29. The van der Waals surface area contributed by atoms with Crippen molar-refractivity contribution in [2.24, 2.45) is 0 Å². The average Bonchev–Trinajstić information content (AvgIpc) is 2.72. The largest absolute Gasteiger partial charge is 0.394 e. The second-order valence-electron chi connectivity index (χ2n) is 4.01. The molecule has 0 aromatic carbocycles. The van der Waals surface area contributed by atoms with E-state index in [1.807, 2.05) is 0 Å². The molecule has 1 aliphatic heterocycles. The minimum atomic E-state index is -0.504. The standard InChI is InChI=1S/C10H15N3O4/c11-9-1-2-13(10(16)12-9)7-3-6(4-14)17-8(7)5-15/h1-2,6-8,14-15H,3-5H2,(H2,11,12,16)/t6-,7-,8+/m1/s1. The maximum Gasteiger partial charge on any atom is 0.349 e. The van der Waals surface area contributed by atoms with Crippen molar-refractivity contribution in [2.75, 3.05) is 18.9 Å². The minimum Gasteiger partial charge on any atom is -0.394 e. The van der Waals surface area contributed by atoms with Crippen LogP contribution in [-0.2, 0) is 4.74 Å². The Bertz CT molecular complexity index is 447. The molecule has 1 fully saturated rings. The zero-order chi connectivity index (χ0) is 12.4. The van der Waals surface area contributed by atoms with Crippen LogP contribution in [0.15, 0.2) is 17.1 Å². The average molecular weight is 241 g/mol. The molecule has 1 saturated heterocycles. The van der Waals surface area contributed by atoms with Crippen molar-refractivity contribution in [1.82, 2.24) is 9.55 Å². The van der Waals surface area contributed by atoms with Crippen molar-refractivity contribution in [3.05, 3.63) is 22.7 Å². The van der Waals surface area contributed by atoms with Gasteiger partial charge in [0.15, 0.2) is 0 Å². The van der Waals surface area contributed by atoms with Crippen molar-refractivity contribution in [3.8, 4) is 0 Å². The van der Waals surface area contributed by atoms with Crippen molar-refractivity contribution < 1.29 is 14.9 Å². The fourth-order valence-corrected chi connectivity index (χ4v) is 2.07. The Kier molecular flexibility index (Phi) is 3.41. The normalized spacial score (nSPS) is 28.5. The molecule has 4 N–H and O–H groups in total. The third kappa shape index (κ3) is 2.31. The van der Waals surface area contributed by atoms with Crippen LogP contribution in [0.25, 0.3) is 0 Å². The first-order chi connectivity index (χ1) is 8.15. The first-order valence-electron chi connectivity index (χ1n) is 5.37. The van der Waals surface area contributed by atoms with E-state index >= 15 is 0 Å². The molecule has 0 saturated carbocycles. The van der Waals surface area contributed by atoms with E-state index in [1.54, 1.807) is 0 Å². The summed E-state index contributed by atoms with van der Waals surface area (Å²) in [4.78, 5) is 15.3. The lowest BCUT2D eigenvalue weighted by atomic mass is 10.1. The van der Waals surface area contributed by atoms with E-state index in [9.17, 15) is 9.90 Å². The number of aliphatic hydroxyl groups is 2. The Morgan fingerprint density at radius 2 is 2.29 bits per heavy atom. The Balaban J connectivity index is 2.29. The van der Waals surface area contributed by atoms with Gasteiger partial charge in [0.2, 0.25) is 0 Å². The molecule has 0 amide bonds. The Morgan fingerprint density at radius 3 is 2.88 bits per heavy atom. The number of anilines is 1. The van der Waals surface area contributed by atoms with Crippen molar-refractivity contribution in [2.45, 2.75) is 24.7 Å². The van der Waals surface area contributed by atoms with Gasteiger partial charge >= 0.3 is 5.69 Å². The van der Waals surface area contributed by atoms with Crippen LogP contribution in [0.1, 0.15) is 12.5 Å². The van der Waals surface area contributed by atoms with Gasteiger partial charge in [-0.2, -0.15) is 4.98 Å². The molecule has 1 aromatic heterocycles. The number of nitrogen functional groups attached to an aromatic ring is 1. The van der Waals surface area contributed by atoms with E-state index in [1.165, 1.54) is 16.8 Å². The second-order valence-corrected chi connectivity index (χ2v) is 4.01. The highest BCUT2D eigenvalue weighted by atomic mass is 16.5. The van der Waals surface area contributed by atoms with Gasteiger partial charge in [0.1, 0.15) is 11.9 Å². The minimum absolute atomic E-state index is 0.135.